The lowest BCUT2D eigenvalue weighted by molar-refractivity contribution is -0.0579. The molecule has 0 amide bonds. The van der Waals surface area contributed by atoms with Crippen molar-refractivity contribution in [3.05, 3.63) is 36.0 Å². The van der Waals surface area contributed by atoms with E-state index in [2.05, 4.69) is 51.2 Å². The van der Waals surface area contributed by atoms with Crippen molar-refractivity contribution in [2.75, 3.05) is 0 Å². The maximum Gasteiger partial charge on any atom is 0.0849 e. The first-order chi connectivity index (χ1) is 13.6. The molecule has 2 nitrogen and oxygen atoms in total. The van der Waals surface area contributed by atoms with Gasteiger partial charge in [-0.25, -0.2) is 0 Å². The summed E-state index contributed by atoms with van der Waals surface area (Å²) in [6.07, 6.45) is 19.7. The molecule has 4 rings (SSSR count). The molecule has 8 atom stereocenters. The van der Waals surface area contributed by atoms with E-state index in [1.807, 2.05) is 0 Å². The maximum absolute atomic E-state index is 10.3. The van der Waals surface area contributed by atoms with E-state index in [1.165, 1.54) is 32.1 Å². The first-order valence-electron chi connectivity index (χ1n) is 12.0. The van der Waals surface area contributed by atoms with Crippen LogP contribution in [0.2, 0.25) is 0 Å². The van der Waals surface area contributed by atoms with Gasteiger partial charge in [-0.05, 0) is 105 Å². The summed E-state index contributed by atoms with van der Waals surface area (Å²) in [4.78, 5) is 0. The van der Waals surface area contributed by atoms with E-state index in [1.54, 1.807) is 19.4 Å². The second kappa shape index (κ2) is 7.38. The van der Waals surface area contributed by atoms with E-state index in [9.17, 15) is 10.2 Å². The standard InChI is InChI=1S/C27H42O2/c1-18(9-14-24(28)25(2,3)29)21-12-13-22-20-11-10-19-8-6-7-16-26(19,4)23(20)15-17-27(21,22)5/h6-8,10-11,18,20-24,28-29H,9,12-17H2,1-5H3/t18-,20+,21-,22+,23+,24?,26+,27-/m1/s1. The van der Waals surface area contributed by atoms with Gasteiger partial charge in [0.15, 0.2) is 0 Å². The summed E-state index contributed by atoms with van der Waals surface area (Å²) in [6, 6.07) is 0. The minimum Gasteiger partial charge on any atom is -0.390 e. The molecule has 0 aliphatic heterocycles. The van der Waals surface area contributed by atoms with Crippen LogP contribution in [-0.2, 0) is 0 Å². The van der Waals surface area contributed by atoms with E-state index >= 15 is 0 Å². The van der Waals surface area contributed by atoms with Crippen LogP contribution < -0.4 is 0 Å². The summed E-state index contributed by atoms with van der Waals surface area (Å²) < 4.78 is 0. The molecule has 0 bridgehead atoms. The Balaban J connectivity index is 1.49. The zero-order chi connectivity index (χ0) is 21.0. The molecule has 4 aliphatic rings. The lowest BCUT2D eigenvalue weighted by Gasteiger charge is -2.56. The van der Waals surface area contributed by atoms with E-state index < -0.39 is 11.7 Å². The molecule has 0 aromatic heterocycles. The van der Waals surface area contributed by atoms with Gasteiger partial charge < -0.3 is 10.2 Å². The van der Waals surface area contributed by atoms with Gasteiger partial charge >= 0.3 is 0 Å². The predicted molar refractivity (Wildman–Crippen MR) is 120 cm³/mol. The molecule has 2 saturated carbocycles. The smallest absolute Gasteiger partial charge is 0.0849 e. The molecule has 162 valence electrons. The topological polar surface area (TPSA) is 40.5 Å². The zero-order valence-corrected chi connectivity index (χ0v) is 19.2. The van der Waals surface area contributed by atoms with Crippen LogP contribution in [-0.4, -0.2) is 21.9 Å². The fourth-order valence-corrected chi connectivity index (χ4v) is 7.78. The zero-order valence-electron chi connectivity index (χ0n) is 19.2. The Morgan fingerprint density at radius 3 is 2.62 bits per heavy atom. The summed E-state index contributed by atoms with van der Waals surface area (Å²) in [6.45, 7) is 10.9. The highest BCUT2D eigenvalue weighted by atomic mass is 16.3. The molecule has 2 heteroatoms. The fourth-order valence-electron chi connectivity index (χ4n) is 7.78. The number of hydrogen-bond donors (Lipinski definition) is 2. The van der Waals surface area contributed by atoms with Crippen molar-refractivity contribution >= 4 is 0 Å². The lowest BCUT2D eigenvalue weighted by atomic mass is 9.48. The molecule has 0 spiro atoms. The third kappa shape index (κ3) is 3.49. The first-order valence-corrected chi connectivity index (χ1v) is 12.0. The number of fused-ring (bicyclic) bond motifs is 5. The molecule has 0 heterocycles. The van der Waals surface area contributed by atoms with Crippen LogP contribution in [0.4, 0.5) is 0 Å². The van der Waals surface area contributed by atoms with Crippen LogP contribution in [0.25, 0.3) is 0 Å². The van der Waals surface area contributed by atoms with Gasteiger partial charge in [-0.15, -0.1) is 0 Å². The van der Waals surface area contributed by atoms with Crippen LogP contribution in [0.15, 0.2) is 36.0 Å². The van der Waals surface area contributed by atoms with Crippen LogP contribution in [0.3, 0.4) is 0 Å². The highest BCUT2D eigenvalue weighted by molar-refractivity contribution is 5.39. The van der Waals surface area contributed by atoms with E-state index in [0.29, 0.717) is 23.2 Å². The Hall–Kier alpha value is -0.860. The van der Waals surface area contributed by atoms with E-state index in [4.69, 9.17) is 0 Å². The minimum atomic E-state index is -0.998. The Kier molecular flexibility index (Phi) is 5.44. The van der Waals surface area contributed by atoms with Gasteiger partial charge in [0.05, 0.1) is 11.7 Å². The van der Waals surface area contributed by atoms with Crippen LogP contribution in [0.5, 0.6) is 0 Å². The lowest BCUT2D eigenvalue weighted by Crippen LogP contribution is -2.48. The Morgan fingerprint density at radius 2 is 1.90 bits per heavy atom. The van der Waals surface area contributed by atoms with Crippen molar-refractivity contribution in [1.82, 2.24) is 0 Å². The Labute approximate surface area is 178 Å². The fraction of sp³-hybridized carbons (Fsp3) is 0.778. The summed E-state index contributed by atoms with van der Waals surface area (Å²) in [7, 11) is 0. The molecule has 0 saturated heterocycles. The quantitative estimate of drug-likeness (QED) is 0.591. The van der Waals surface area contributed by atoms with Gasteiger partial charge in [0.25, 0.3) is 0 Å². The van der Waals surface area contributed by atoms with Crippen LogP contribution in [0, 0.1) is 40.4 Å². The van der Waals surface area contributed by atoms with Crippen molar-refractivity contribution in [3.8, 4) is 0 Å². The average molecular weight is 399 g/mol. The van der Waals surface area contributed by atoms with Crippen molar-refractivity contribution in [3.63, 3.8) is 0 Å². The SMILES string of the molecule is C[C@H](CCC(O)C(C)(C)O)[C@H]1CC[C@H]2[C@@H]3C=CC4=CC=CC[C@]4(C)[C@H]3CC[C@]12C. The second-order valence-electron chi connectivity index (χ2n) is 11.8. The number of rotatable bonds is 5. The van der Waals surface area contributed by atoms with Crippen molar-refractivity contribution in [2.45, 2.75) is 91.3 Å². The third-order valence-corrected chi connectivity index (χ3v) is 9.73. The average Bonchev–Trinajstić information content (AvgIpc) is 3.01. The second-order valence-corrected chi connectivity index (χ2v) is 11.8. The number of aliphatic hydroxyl groups is 2. The van der Waals surface area contributed by atoms with Gasteiger partial charge in [0.1, 0.15) is 0 Å². The molecular formula is C27H42O2. The highest BCUT2D eigenvalue weighted by Crippen LogP contribution is 2.66. The summed E-state index contributed by atoms with van der Waals surface area (Å²) >= 11 is 0. The van der Waals surface area contributed by atoms with Gasteiger partial charge in [0, 0.05) is 0 Å². The molecule has 2 N–H and O–H groups in total. The Bertz CT molecular complexity index is 711. The number of hydrogen-bond acceptors (Lipinski definition) is 2. The van der Waals surface area contributed by atoms with Crippen LogP contribution >= 0.6 is 0 Å². The molecule has 0 aromatic rings. The summed E-state index contributed by atoms with van der Waals surface area (Å²) in [5.74, 6) is 3.66. The first kappa shape index (κ1) is 21.4. The molecule has 2 fully saturated rings. The van der Waals surface area contributed by atoms with Crippen molar-refractivity contribution in [2.24, 2.45) is 40.4 Å². The molecule has 29 heavy (non-hydrogen) atoms. The molecule has 0 aromatic carbocycles. The highest BCUT2D eigenvalue weighted by Gasteiger charge is 2.58. The maximum atomic E-state index is 10.3. The molecular weight excluding hydrogens is 356 g/mol. The van der Waals surface area contributed by atoms with E-state index in [0.717, 1.165) is 30.1 Å². The van der Waals surface area contributed by atoms with E-state index in [-0.39, 0.29) is 0 Å². The van der Waals surface area contributed by atoms with Gasteiger partial charge in [-0.3, -0.25) is 0 Å². The molecule has 4 aliphatic carbocycles. The number of allylic oxidation sites excluding steroid dienone is 6. The van der Waals surface area contributed by atoms with Crippen molar-refractivity contribution < 1.29 is 10.2 Å². The van der Waals surface area contributed by atoms with Crippen LogP contribution in [0.1, 0.15) is 79.6 Å². The van der Waals surface area contributed by atoms with Crippen molar-refractivity contribution in [1.29, 1.82) is 0 Å². The minimum absolute atomic E-state index is 0.329. The largest absolute Gasteiger partial charge is 0.390 e. The molecule has 0 radical (unpaired) electrons. The monoisotopic (exact) mass is 398 g/mol. The number of aliphatic hydroxyl groups excluding tert-OH is 1. The predicted octanol–water partition coefficient (Wildman–Crippen LogP) is 6.06. The Morgan fingerprint density at radius 1 is 1.14 bits per heavy atom. The normalized spacial score (nSPS) is 43.2. The summed E-state index contributed by atoms with van der Waals surface area (Å²) in [5, 5.41) is 20.4. The van der Waals surface area contributed by atoms with Gasteiger partial charge in [0.2, 0.25) is 0 Å². The van der Waals surface area contributed by atoms with Gasteiger partial charge in [-0.1, -0.05) is 51.2 Å². The summed E-state index contributed by atoms with van der Waals surface area (Å²) in [5.41, 5.74) is 1.30. The molecule has 1 unspecified atom stereocenters. The third-order valence-electron chi connectivity index (χ3n) is 9.73. The van der Waals surface area contributed by atoms with Gasteiger partial charge in [-0.2, -0.15) is 0 Å².